The predicted octanol–water partition coefficient (Wildman–Crippen LogP) is 1.55. The Kier molecular flexibility index (Phi) is 5.06. The molecule has 0 fully saturated rings. The molecule has 21 heavy (non-hydrogen) atoms. The molecular weight excluding hydrogens is 340 g/mol. The highest BCUT2D eigenvalue weighted by atomic mass is 32.2. The Bertz CT molecular complexity index is 664. The van der Waals surface area contributed by atoms with Crippen LogP contribution in [-0.4, -0.2) is 31.7 Å². The van der Waals surface area contributed by atoms with Gasteiger partial charge in [-0.2, -0.15) is 21.6 Å². The van der Waals surface area contributed by atoms with Crippen molar-refractivity contribution in [2.24, 2.45) is 0 Å². The highest BCUT2D eigenvalue weighted by molar-refractivity contribution is 7.87. The van der Waals surface area contributed by atoms with Crippen molar-refractivity contribution < 1.29 is 44.9 Å². The summed E-state index contributed by atoms with van der Waals surface area (Å²) in [6.45, 7) is 0. The fourth-order valence-electron chi connectivity index (χ4n) is 1.35. The first-order valence-corrected chi connectivity index (χ1v) is 8.27. The summed E-state index contributed by atoms with van der Waals surface area (Å²) in [6, 6.07) is 2.35. The molecule has 0 aromatic heterocycles. The van der Waals surface area contributed by atoms with Crippen LogP contribution in [0.25, 0.3) is 0 Å². The Hall–Kier alpha value is -1.13. The number of hydrogen-bond donors (Lipinski definition) is 2. The smallest absolute Gasteiger partial charge is 0.417 e. The van der Waals surface area contributed by atoms with Crippen LogP contribution in [0.5, 0.6) is 5.75 Å². The van der Waals surface area contributed by atoms with Crippen LogP contribution >= 0.6 is 7.60 Å². The van der Waals surface area contributed by atoms with Crippen LogP contribution < -0.4 is 4.74 Å². The second-order valence-corrected chi connectivity index (χ2v) is 6.84. The molecule has 0 aliphatic rings. The first kappa shape index (κ1) is 17.9. The maximum atomic E-state index is 12.8. The molecule has 0 heterocycles. The van der Waals surface area contributed by atoms with E-state index in [1.165, 1.54) is 0 Å². The summed E-state index contributed by atoms with van der Waals surface area (Å²) in [5.74, 6) is -0.657. The number of alkyl halides is 3. The van der Waals surface area contributed by atoms with E-state index in [9.17, 15) is 26.2 Å². The van der Waals surface area contributed by atoms with Gasteiger partial charge in [0, 0.05) is 0 Å². The summed E-state index contributed by atoms with van der Waals surface area (Å²) in [5.41, 5.74) is -1.56. The van der Waals surface area contributed by atoms with E-state index in [0.29, 0.717) is 6.07 Å². The van der Waals surface area contributed by atoms with Crippen LogP contribution in [-0.2, 0) is 25.0 Å². The van der Waals surface area contributed by atoms with E-state index in [0.717, 1.165) is 19.2 Å². The fraction of sp³-hybridized carbons (Fsp3) is 0.333. The molecule has 2 N–H and O–H groups in total. The van der Waals surface area contributed by atoms with Gasteiger partial charge in [0.25, 0.3) is 0 Å². The van der Waals surface area contributed by atoms with Crippen LogP contribution in [0.2, 0.25) is 0 Å². The van der Waals surface area contributed by atoms with E-state index in [2.05, 4.69) is 8.92 Å². The van der Waals surface area contributed by atoms with Gasteiger partial charge in [-0.05, 0) is 12.1 Å². The van der Waals surface area contributed by atoms with Gasteiger partial charge in [-0.1, -0.05) is 6.07 Å². The molecule has 1 aromatic carbocycles. The van der Waals surface area contributed by atoms with Crippen molar-refractivity contribution >= 4 is 17.7 Å². The maximum Gasteiger partial charge on any atom is 0.417 e. The molecule has 1 aromatic rings. The molecule has 0 radical (unpaired) electrons. The molecule has 0 aliphatic carbocycles. The number of halogens is 3. The summed E-state index contributed by atoms with van der Waals surface area (Å²) in [5, 5.41) is 0. The van der Waals surface area contributed by atoms with E-state index < -0.39 is 46.4 Å². The Morgan fingerprint density at radius 3 is 2.29 bits per heavy atom. The Morgan fingerprint density at radius 2 is 1.86 bits per heavy atom. The van der Waals surface area contributed by atoms with Crippen LogP contribution in [0.3, 0.4) is 0 Å². The first-order chi connectivity index (χ1) is 9.38. The molecule has 0 saturated heterocycles. The Balaban J connectivity index is 3.43. The van der Waals surface area contributed by atoms with Gasteiger partial charge >= 0.3 is 23.9 Å². The van der Waals surface area contributed by atoms with Crippen molar-refractivity contribution in [3.63, 3.8) is 0 Å². The monoisotopic (exact) mass is 350 g/mol. The summed E-state index contributed by atoms with van der Waals surface area (Å²) in [4.78, 5) is 15.8. The molecule has 120 valence electrons. The van der Waals surface area contributed by atoms with Gasteiger partial charge in [0.1, 0.15) is 10.6 Å². The zero-order chi connectivity index (χ0) is 16.5. The highest BCUT2D eigenvalue weighted by Crippen LogP contribution is 2.41. The predicted molar refractivity (Wildman–Crippen MR) is 63.2 cm³/mol. The third-order valence-electron chi connectivity index (χ3n) is 2.13. The molecule has 0 unspecified atom stereocenters. The summed E-state index contributed by atoms with van der Waals surface area (Å²) >= 11 is 0. The average Bonchev–Trinajstić information content (AvgIpc) is 2.33. The third-order valence-corrected chi connectivity index (χ3v) is 4.12. The highest BCUT2D eigenvalue weighted by Gasteiger charge is 2.40. The molecule has 0 saturated carbocycles. The lowest BCUT2D eigenvalue weighted by molar-refractivity contribution is -0.140. The SMILES string of the molecule is COc1cccc(C(F)(F)F)c1S(=O)(=O)OCP(=O)(O)O. The lowest BCUT2D eigenvalue weighted by Gasteiger charge is -2.16. The van der Waals surface area contributed by atoms with Crippen molar-refractivity contribution in [2.45, 2.75) is 11.1 Å². The van der Waals surface area contributed by atoms with E-state index in [4.69, 9.17) is 9.79 Å². The largest absolute Gasteiger partial charge is 0.495 e. The molecular formula is C9H10F3O7PS. The van der Waals surface area contributed by atoms with Gasteiger partial charge in [0.2, 0.25) is 0 Å². The zero-order valence-electron chi connectivity index (χ0n) is 10.4. The van der Waals surface area contributed by atoms with Crippen molar-refractivity contribution in [2.75, 3.05) is 13.5 Å². The fourth-order valence-corrected chi connectivity index (χ4v) is 3.43. The minimum absolute atomic E-state index is 0.482. The summed E-state index contributed by atoms with van der Waals surface area (Å²) < 4.78 is 81.2. The summed E-state index contributed by atoms with van der Waals surface area (Å²) in [7, 11) is -9.03. The van der Waals surface area contributed by atoms with Gasteiger partial charge in [-0.3, -0.25) is 8.75 Å². The number of hydrogen-bond acceptors (Lipinski definition) is 5. The standard InChI is InChI=1S/C9H10F3O7PS/c1-18-7-4-2-3-6(9(10,11)12)8(7)21(16,17)19-5-20(13,14)15/h2-4H,5H2,1H3,(H2,13,14,15). The van der Waals surface area contributed by atoms with E-state index in [1.54, 1.807) is 0 Å². The number of benzene rings is 1. The van der Waals surface area contributed by atoms with Crippen molar-refractivity contribution in [1.29, 1.82) is 0 Å². The topological polar surface area (TPSA) is 110 Å². The molecule has 0 bridgehead atoms. The van der Waals surface area contributed by atoms with Crippen LogP contribution in [0, 0.1) is 0 Å². The van der Waals surface area contributed by atoms with Crippen LogP contribution in [0.4, 0.5) is 13.2 Å². The summed E-state index contributed by atoms with van der Waals surface area (Å²) in [6.07, 6.45) is -6.60. The third kappa shape index (κ3) is 4.68. The van der Waals surface area contributed by atoms with Gasteiger partial charge in [-0.25, -0.2) is 0 Å². The van der Waals surface area contributed by atoms with Crippen LogP contribution in [0.1, 0.15) is 5.56 Å². The molecule has 0 amide bonds. The van der Waals surface area contributed by atoms with Crippen molar-refractivity contribution in [3.8, 4) is 5.75 Å². The van der Waals surface area contributed by atoms with Crippen molar-refractivity contribution in [3.05, 3.63) is 23.8 Å². The molecule has 0 atom stereocenters. The maximum absolute atomic E-state index is 12.8. The molecule has 12 heteroatoms. The second-order valence-electron chi connectivity index (χ2n) is 3.70. The number of methoxy groups -OCH3 is 1. The molecule has 1 rings (SSSR count). The average molecular weight is 350 g/mol. The van der Waals surface area contributed by atoms with E-state index >= 15 is 0 Å². The van der Waals surface area contributed by atoms with E-state index in [1.807, 2.05) is 0 Å². The minimum Gasteiger partial charge on any atom is -0.495 e. The van der Waals surface area contributed by atoms with Crippen molar-refractivity contribution in [1.82, 2.24) is 0 Å². The van der Waals surface area contributed by atoms with Gasteiger partial charge in [0.05, 0.1) is 12.7 Å². The number of ether oxygens (including phenoxy) is 1. The van der Waals surface area contributed by atoms with E-state index in [-0.39, 0.29) is 0 Å². The molecule has 0 spiro atoms. The number of rotatable bonds is 5. The minimum atomic E-state index is -5.09. The van der Waals surface area contributed by atoms with Gasteiger partial charge in [-0.15, -0.1) is 0 Å². The van der Waals surface area contributed by atoms with Gasteiger partial charge in [0.15, 0.2) is 6.35 Å². The lowest BCUT2D eigenvalue weighted by Crippen LogP contribution is -2.17. The Morgan fingerprint density at radius 1 is 1.29 bits per heavy atom. The quantitative estimate of drug-likeness (QED) is 0.612. The second kappa shape index (κ2) is 5.93. The molecule has 0 aliphatic heterocycles. The zero-order valence-corrected chi connectivity index (χ0v) is 12.1. The first-order valence-electron chi connectivity index (χ1n) is 5.06. The Labute approximate surface area is 117 Å². The normalized spacial score (nSPS) is 13.2. The van der Waals surface area contributed by atoms with Crippen LogP contribution in [0.15, 0.2) is 23.1 Å². The molecule has 7 nitrogen and oxygen atoms in total. The lowest BCUT2D eigenvalue weighted by atomic mass is 10.2. The van der Waals surface area contributed by atoms with Gasteiger partial charge < -0.3 is 14.5 Å².